The van der Waals surface area contributed by atoms with Crippen molar-refractivity contribution < 1.29 is 17.9 Å². The van der Waals surface area contributed by atoms with Crippen LogP contribution in [-0.2, 0) is 14.8 Å². The molecule has 3 rings (SSSR count). The number of amides is 1. The van der Waals surface area contributed by atoms with Crippen LogP contribution in [0, 0.1) is 13.8 Å². The molecule has 156 valence electrons. The molecule has 0 atom stereocenters. The van der Waals surface area contributed by atoms with Crippen molar-refractivity contribution in [1.29, 1.82) is 0 Å². The van der Waals surface area contributed by atoms with E-state index in [2.05, 4.69) is 10.3 Å². The van der Waals surface area contributed by atoms with Crippen molar-refractivity contribution in [3.05, 3.63) is 78.1 Å². The summed E-state index contributed by atoms with van der Waals surface area (Å²) in [6.45, 7) is 3.23. The van der Waals surface area contributed by atoms with E-state index in [4.69, 9.17) is 4.74 Å². The number of benzene rings is 2. The lowest BCUT2D eigenvalue weighted by Crippen LogP contribution is -2.38. The number of hydrogen-bond donors (Lipinski definition) is 1. The zero-order valence-electron chi connectivity index (χ0n) is 17.0. The van der Waals surface area contributed by atoms with Gasteiger partial charge in [-0.3, -0.25) is 14.1 Å². The molecule has 7 nitrogen and oxygen atoms in total. The molecule has 1 aromatic heterocycles. The number of ether oxygens (including phenoxy) is 1. The summed E-state index contributed by atoms with van der Waals surface area (Å²) in [5, 5.41) is 2.68. The number of methoxy groups -OCH3 is 1. The maximum absolute atomic E-state index is 13.5. The molecule has 8 heteroatoms. The number of nitrogens with one attached hydrogen (secondary N) is 1. The normalized spacial score (nSPS) is 11.0. The Hall–Kier alpha value is -3.39. The molecule has 0 unspecified atom stereocenters. The summed E-state index contributed by atoms with van der Waals surface area (Å²) in [5.41, 5.74) is 2.40. The molecule has 0 saturated carbocycles. The zero-order valence-corrected chi connectivity index (χ0v) is 17.8. The highest BCUT2D eigenvalue weighted by molar-refractivity contribution is 7.92. The third kappa shape index (κ3) is 4.77. The monoisotopic (exact) mass is 425 g/mol. The number of sulfonamides is 1. The molecule has 2 aromatic carbocycles. The molecule has 3 aromatic rings. The van der Waals surface area contributed by atoms with Gasteiger partial charge in [-0.25, -0.2) is 8.42 Å². The number of carbonyl (C=O) groups is 1. The van der Waals surface area contributed by atoms with E-state index >= 15 is 0 Å². The van der Waals surface area contributed by atoms with Gasteiger partial charge in [0.2, 0.25) is 5.91 Å². The molecule has 0 aliphatic heterocycles. The van der Waals surface area contributed by atoms with Gasteiger partial charge in [0, 0.05) is 6.20 Å². The van der Waals surface area contributed by atoms with Crippen molar-refractivity contribution >= 4 is 27.3 Å². The lowest BCUT2D eigenvalue weighted by Gasteiger charge is -2.26. The van der Waals surface area contributed by atoms with E-state index in [-0.39, 0.29) is 4.90 Å². The predicted octanol–water partition coefficient (Wildman–Crippen LogP) is 3.54. The maximum Gasteiger partial charge on any atom is 0.264 e. The first-order chi connectivity index (χ1) is 14.3. The average molecular weight is 426 g/mol. The summed E-state index contributed by atoms with van der Waals surface area (Å²) >= 11 is 0. The second kappa shape index (κ2) is 8.96. The van der Waals surface area contributed by atoms with Crippen LogP contribution in [0.2, 0.25) is 0 Å². The van der Waals surface area contributed by atoms with Gasteiger partial charge in [-0.2, -0.15) is 0 Å². The van der Waals surface area contributed by atoms with E-state index < -0.39 is 22.5 Å². The molecule has 0 saturated heterocycles. The fourth-order valence-electron chi connectivity index (χ4n) is 2.97. The minimum Gasteiger partial charge on any atom is -0.495 e. The molecule has 0 aliphatic rings. The van der Waals surface area contributed by atoms with Gasteiger partial charge in [-0.15, -0.1) is 0 Å². The minimum atomic E-state index is -4.04. The van der Waals surface area contributed by atoms with Crippen LogP contribution in [0.15, 0.2) is 71.9 Å². The molecule has 1 heterocycles. The Balaban J connectivity index is 2.05. The van der Waals surface area contributed by atoms with Crippen molar-refractivity contribution in [1.82, 2.24) is 4.98 Å². The Kier molecular flexibility index (Phi) is 6.37. The third-order valence-corrected chi connectivity index (χ3v) is 6.17. The van der Waals surface area contributed by atoms with Crippen LogP contribution in [0.5, 0.6) is 5.75 Å². The van der Waals surface area contributed by atoms with Gasteiger partial charge in [0.15, 0.2) is 0 Å². The molecule has 0 bridgehead atoms. The number of carbonyl (C=O) groups excluding carboxylic acids is 1. The van der Waals surface area contributed by atoms with Crippen LogP contribution in [0.4, 0.5) is 11.4 Å². The quantitative estimate of drug-likeness (QED) is 0.625. The Morgan fingerprint density at radius 2 is 1.83 bits per heavy atom. The highest BCUT2D eigenvalue weighted by Crippen LogP contribution is 2.33. The molecule has 0 aliphatic carbocycles. The van der Waals surface area contributed by atoms with Crippen molar-refractivity contribution in [2.24, 2.45) is 0 Å². The first-order valence-corrected chi connectivity index (χ1v) is 10.7. The topological polar surface area (TPSA) is 88.6 Å². The summed E-state index contributed by atoms with van der Waals surface area (Å²) in [5.74, 6) is -0.145. The summed E-state index contributed by atoms with van der Waals surface area (Å²) < 4.78 is 33.5. The Morgan fingerprint density at radius 3 is 2.50 bits per heavy atom. The number of aryl methyl sites for hydroxylation is 2. The van der Waals surface area contributed by atoms with Gasteiger partial charge in [0.25, 0.3) is 10.0 Å². The molecule has 1 N–H and O–H groups in total. The Labute approximate surface area is 176 Å². The van der Waals surface area contributed by atoms with Crippen LogP contribution >= 0.6 is 0 Å². The average Bonchev–Trinajstić information content (AvgIpc) is 2.72. The fourth-order valence-corrected chi connectivity index (χ4v) is 4.49. The maximum atomic E-state index is 13.5. The number of rotatable bonds is 7. The minimum absolute atomic E-state index is 0.0974. The van der Waals surface area contributed by atoms with Crippen LogP contribution in [0.3, 0.4) is 0 Å². The molecular formula is C22H23N3O4S. The summed E-state index contributed by atoms with van der Waals surface area (Å²) in [4.78, 5) is 16.8. The molecule has 0 radical (unpaired) electrons. The van der Waals surface area contributed by atoms with Crippen LogP contribution in [0.25, 0.3) is 0 Å². The van der Waals surface area contributed by atoms with E-state index in [0.717, 1.165) is 15.4 Å². The van der Waals surface area contributed by atoms with Gasteiger partial charge in [-0.05, 0) is 61.4 Å². The van der Waals surface area contributed by atoms with Crippen molar-refractivity contribution in [2.75, 3.05) is 23.3 Å². The molecule has 1 amide bonds. The van der Waals surface area contributed by atoms with Crippen LogP contribution in [0.1, 0.15) is 11.1 Å². The van der Waals surface area contributed by atoms with E-state index in [1.807, 2.05) is 26.0 Å². The fraction of sp³-hybridized carbons (Fsp3) is 0.182. The lowest BCUT2D eigenvalue weighted by atomic mass is 10.2. The van der Waals surface area contributed by atoms with Crippen molar-refractivity contribution in [3.8, 4) is 5.75 Å². The largest absolute Gasteiger partial charge is 0.495 e. The summed E-state index contributed by atoms with van der Waals surface area (Å²) in [6.07, 6.45) is 3.08. The van der Waals surface area contributed by atoms with E-state index in [0.29, 0.717) is 17.1 Å². The Morgan fingerprint density at radius 1 is 1.07 bits per heavy atom. The first kappa shape index (κ1) is 21.3. The molecule has 0 spiro atoms. The van der Waals surface area contributed by atoms with Gasteiger partial charge in [0.05, 0.1) is 29.6 Å². The Bertz CT molecular complexity index is 1150. The molecule has 30 heavy (non-hydrogen) atoms. The van der Waals surface area contributed by atoms with Crippen LogP contribution in [-0.4, -0.2) is 33.0 Å². The number of aromatic nitrogens is 1. The SMILES string of the molecule is COc1ccc(C)cc1N(CC(=O)Nc1cccnc1)S(=O)(=O)c1cccc(C)c1. The smallest absolute Gasteiger partial charge is 0.264 e. The number of nitrogens with zero attached hydrogens (tertiary/aromatic N) is 2. The van der Waals surface area contributed by atoms with E-state index in [9.17, 15) is 13.2 Å². The van der Waals surface area contributed by atoms with Gasteiger partial charge in [-0.1, -0.05) is 18.2 Å². The van der Waals surface area contributed by atoms with Gasteiger partial charge in [0.1, 0.15) is 12.3 Å². The number of hydrogen-bond acceptors (Lipinski definition) is 5. The number of anilines is 2. The van der Waals surface area contributed by atoms with Gasteiger partial charge >= 0.3 is 0 Å². The second-order valence-electron chi connectivity index (χ2n) is 6.79. The van der Waals surface area contributed by atoms with Crippen LogP contribution < -0.4 is 14.4 Å². The predicted molar refractivity (Wildman–Crippen MR) is 116 cm³/mol. The zero-order chi connectivity index (χ0) is 21.7. The summed E-state index contributed by atoms with van der Waals surface area (Å²) in [6, 6.07) is 15.1. The second-order valence-corrected chi connectivity index (χ2v) is 8.66. The highest BCUT2D eigenvalue weighted by Gasteiger charge is 2.29. The van der Waals surface area contributed by atoms with Gasteiger partial charge < -0.3 is 10.1 Å². The molecular weight excluding hydrogens is 402 g/mol. The first-order valence-electron chi connectivity index (χ1n) is 9.25. The lowest BCUT2D eigenvalue weighted by molar-refractivity contribution is -0.114. The third-order valence-electron chi connectivity index (χ3n) is 4.41. The van der Waals surface area contributed by atoms with Crippen molar-refractivity contribution in [2.45, 2.75) is 18.7 Å². The highest BCUT2D eigenvalue weighted by atomic mass is 32.2. The number of pyridine rings is 1. The molecule has 0 fully saturated rings. The summed E-state index contributed by atoms with van der Waals surface area (Å²) in [7, 11) is -2.58. The van der Waals surface area contributed by atoms with Crippen molar-refractivity contribution in [3.63, 3.8) is 0 Å². The van der Waals surface area contributed by atoms with E-state index in [1.165, 1.54) is 19.4 Å². The standard InChI is InChI=1S/C22H23N3O4S/c1-16-6-4-8-19(12-16)30(27,28)25(20-13-17(2)9-10-21(20)29-3)15-22(26)24-18-7-5-11-23-14-18/h4-14H,15H2,1-3H3,(H,24,26). The van der Waals surface area contributed by atoms with E-state index in [1.54, 1.807) is 42.6 Å².